The van der Waals surface area contributed by atoms with E-state index in [9.17, 15) is 8.42 Å². The number of rotatable bonds is 5. The summed E-state index contributed by atoms with van der Waals surface area (Å²) >= 11 is 0. The van der Waals surface area contributed by atoms with E-state index in [2.05, 4.69) is 11.9 Å². The van der Waals surface area contributed by atoms with Crippen LogP contribution in [0.1, 0.15) is 38.4 Å². The molecule has 1 atom stereocenters. The Morgan fingerprint density at radius 2 is 2.09 bits per heavy atom. The predicted octanol–water partition coefficient (Wildman–Crippen LogP) is 2.31. The van der Waals surface area contributed by atoms with E-state index in [4.69, 9.17) is 4.42 Å². The van der Waals surface area contributed by atoms with Crippen molar-refractivity contribution in [2.24, 2.45) is 5.41 Å². The molecular formula is C16H26N2O3S. The van der Waals surface area contributed by atoms with Gasteiger partial charge in [0.25, 0.3) is 0 Å². The van der Waals surface area contributed by atoms with E-state index in [1.807, 2.05) is 12.1 Å². The molecule has 1 spiro atoms. The highest BCUT2D eigenvalue weighted by Gasteiger charge is 2.50. The largest absolute Gasteiger partial charge is 0.468 e. The molecule has 5 nitrogen and oxygen atoms in total. The summed E-state index contributed by atoms with van der Waals surface area (Å²) in [6.45, 7) is 3.92. The lowest BCUT2D eigenvalue weighted by molar-refractivity contribution is -0.0528. The molecule has 2 fully saturated rings. The van der Waals surface area contributed by atoms with Gasteiger partial charge in [-0.3, -0.25) is 4.90 Å². The summed E-state index contributed by atoms with van der Waals surface area (Å²) in [5, 5.41) is 0. The minimum atomic E-state index is -3.03. The zero-order chi connectivity index (χ0) is 15.8. The molecule has 1 aliphatic heterocycles. The van der Waals surface area contributed by atoms with Gasteiger partial charge >= 0.3 is 0 Å². The van der Waals surface area contributed by atoms with Crippen molar-refractivity contribution in [3.05, 3.63) is 24.2 Å². The smallest absolute Gasteiger partial charge is 0.213 e. The lowest BCUT2D eigenvalue weighted by Crippen LogP contribution is -2.58. The van der Waals surface area contributed by atoms with Crippen molar-refractivity contribution in [2.45, 2.75) is 45.2 Å². The lowest BCUT2D eigenvalue weighted by atomic mass is 9.59. The van der Waals surface area contributed by atoms with E-state index in [0.29, 0.717) is 24.5 Å². The van der Waals surface area contributed by atoms with E-state index < -0.39 is 10.0 Å². The van der Waals surface area contributed by atoms with Crippen molar-refractivity contribution < 1.29 is 12.8 Å². The number of piperidine rings is 1. The Kier molecular flexibility index (Phi) is 4.36. The van der Waals surface area contributed by atoms with Gasteiger partial charge in [0.2, 0.25) is 10.0 Å². The quantitative estimate of drug-likeness (QED) is 0.833. The van der Waals surface area contributed by atoms with Crippen molar-refractivity contribution in [1.82, 2.24) is 9.21 Å². The molecule has 1 saturated heterocycles. The van der Waals surface area contributed by atoms with E-state index in [1.54, 1.807) is 17.5 Å². The maximum absolute atomic E-state index is 12.0. The average Bonchev–Trinajstić information content (AvgIpc) is 2.99. The summed E-state index contributed by atoms with van der Waals surface area (Å²) in [6, 6.07) is 4.48. The Hall–Kier alpha value is -0.850. The predicted molar refractivity (Wildman–Crippen MR) is 85.9 cm³/mol. The molecule has 1 aliphatic carbocycles. The first-order chi connectivity index (χ1) is 10.5. The standard InChI is InChI=1S/C16H26N2O3S/c1-3-22(19,20)18-10-8-16(9-11-18)7-6-15(16)17(2)13-14-5-4-12-21-14/h4-5,12,15H,3,6-11,13H2,1-2H3/t15-/m1/s1. The summed E-state index contributed by atoms with van der Waals surface area (Å²) in [5.74, 6) is 1.21. The van der Waals surface area contributed by atoms with Gasteiger partial charge in [0, 0.05) is 19.1 Å². The van der Waals surface area contributed by atoms with Crippen LogP contribution in [-0.2, 0) is 16.6 Å². The monoisotopic (exact) mass is 326 g/mol. The van der Waals surface area contributed by atoms with Crippen LogP contribution >= 0.6 is 0 Å². The molecule has 0 radical (unpaired) electrons. The maximum atomic E-state index is 12.0. The van der Waals surface area contributed by atoms with Crippen molar-refractivity contribution in [2.75, 3.05) is 25.9 Å². The van der Waals surface area contributed by atoms with Gasteiger partial charge in [-0.1, -0.05) is 0 Å². The number of furan rings is 1. The summed E-state index contributed by atoms with van der Waals surface area (Å²) < 4.78 is 31.1. The Labute approximate surface area is 133 Å². The SMILES string of the molecule is CCS(=O)(=O)N1CCC2(CC[C@H]2N(C)Cc2ccco2)CC1. The Morgan fingerprint density at radius 3 is 2.59 bits per heavy atom. The summed E-state index contributed by atoms with van der Waals surface area (Å²) in [4.78, 5) is 2.38. The molecule has 1 aromatic heterocycles. The molecule has 22 heavy (non-hydrogen) atoms. The average molecular weight is 326 g/mol. The van der Waals surface area contributed by atoms with Gasteiger partial charge in [-0.05, 0) is 57.2 Å². The topological polar surface area (TPSA) is 53.8 Å². The highest BCUT2D eigenvalue weighted by molar-refractivity contribution is 7.89. The lowest BCUT2D eigenvalue weighted by Gasteiger charge is -2.56. The highest BCUT2D eigenvalue weighted by atomic mass is 32.2. The summed E-state index contributed by atoms with van der Waals surface area (Å²) in [5.41, 5.74) is 0.307. The van der Waals surface area contributed by atoms with Crippen molar-refractivity contribution >= 4 is 10.0 Å². The van der Waals surface area contributed by atoms with Crippen LogP contribution in [0.5, 0.6) is 0 Å². The van der Waals surface area contributed by atoms with Crippen LogP contribution in [0.4, 0.5) is 0 Å². The minimum absolute atomic E-state index is 0.210. The number of nitrogens with zero attached hydrogens (tertiary/aromatic N) is 2. The summed E-state index contributed by atoms with van der Waals surface area (Å²) in [6.07, 6.45) is 6.12. The van der Waals surface area contributed by atoms with Gasteiger partial charge in [-0.2, -0.15) is 0 Å². The Balaban J connectivity index is 1.61. The third-order valence-corrected chi connectivity index (χ3v) is 7.50. The van der Waals surface area contributed by atoms with E-state index in [-0.39, 0.29) is 5.75 Å². The number of hydrogen-bond donors (Lipinski definition) is 0. The van der Waals surface area contributed by atoms with Crippen LogP contribution in [0.2, 0.25) is 0 Å². The van der Waals surface area contributed by atoms with E-state index >= 15 is 0 Å². The van der Waals surface area contributed by atoms with Gasteiger partial charge in [0.1, 0.15) is 5.76 Å². The van der Waals surface area contributed by atoms with Gasteiger partial charge < -0.3 is 4.42 Å². The van der Waals surface area contributed by atoms with Crippen LogP contribution in [0.3, 0.4) is 0 Å². The second kappa shape index (κ2) is 5.98. The molecule has 2 aliphatic rings. The zero-order valence-electron chi connectivity index (χ0n) is 13.5. The molecule has 2 heterocycles. The first-order valence-corrected chi connectivity index (χ1v) is 9.78. The fourth-order valence-electron chi connectivity index (χ4n) is 4.10. The summed E-state index contributed by atoms with van der Waals surface area (Å²) in [7, 11) is -0.874. The van der Waals surface area contributed by atoms with Gasteiger partial charge in [-0.25, -0.2) is 12.7 Å². The fourth-order valence-corrected chi connectivity index (χ4v) is 5.21. The molecule has 1 saturated carbocycles. The molecule has 1 aromatic rings. The highest BCUT2D eigenvalue weighted by Crippen LogP contribution is 2.51. The van der Waals surface area contributed by atoms with Crippen LogP contribution in [0, 0.1) is 5.41 Å². The first-order valence-electron chi connectivity index (χ1n) is 8.17. The molecular weight excluding hydrogens is 300 g/mol. The number of hydrogen-bond acceptors (Lipinski definition) is 4. The van der Waals surface area contributed by atoms with Crippen LogP contribution in [-0.4, -0.2) is 49.6 Å². The molecule has 0 unspecified atom stereocenters. The van der Waals surface area contributed by atoms with E-state index in [0.717, 1.165) is 25.1 Å². The second-order valence-electron chi connectivity index (χ2n) is 6.71. The maximum Gasteiger partial charge on any atom is 0.213 e. The Morgan fingerprint density at radius 1 is 1.36 bits per heavy atom. The third kappa shape index (κ3) is 2.84. The molecule has 0 N–H and O–H groups in total. The molecule has 0 amide bonds. The third-order valence-electron chi connectivity index (χ3n) is 5.62. The first kappa shape index (κ1) is 16.0. The second-order valence-corrected chi connectivity index (χ2v) is 8.97. The molecule has 3 rings (SSSR count). The molecule has 0 bridgehead atoms. The van der Waals surface area contributed by atoms with Crippen molar-refractivity contribution in [3.8, 4) is 0 Å². The fraction of sp³-hybridized carbons (Fsp3) is 0.750. The van der Waals surface area contributed by atoms with Crippen molar-refractivity contribution in [3.63, 3.8) is 0 Å². The Bertz CT molecular complexity index is 589. The van der Waals surface area contributed by atoms with Crippen LogP contribution in [0.15, 0.2) is 22.8 Å². The molecule has 6 heteroatoms. The van der Waals surface area contributed by atoms with Crippen molar-refractivity contribution in [1.29, 1.82) is 0 Å². The van der Waals surface area contributed by atoms with Crippen LogP contribution < -0.4 is 0 Å². The minimum Gasteiger partial charge on any atom is -0.468 e. The van der Waals surface area contributed by atoms with Gasteiger partial charge in [0.15, 0.2) is 0 Å². The van der Waals surface area contributed by atoms with E-state index in [1.165, 1.54) is 12.8 Å². The van der Waals surface area contributed by atoms with Crippen LogP contribution in [0.25, 0.3) is 0 Å². The zero-order valence-corrected chi connectivity index (χ0v) is 14.3. The van der Waals surface area contributed by atoms with Gasteiger partial charge in [-0.15, -0.1) is 0 Å². The normalized spacial score (nSPS) is 25.5. The molecule has 124 valence electrons. The molecule has 0 aromatic carbocycles. The number of sulfonamides is 1. The van der Waals surface area contributed by atoms with Gasteiger partial charge in [0.05, 0.1) is 18.6 Å².